The molecule has 19 heavy (non-hydrogen) atoms. The highest BCUT2D eigenvalue weighted by Gasteiger charge is 2.40. The average molecular weight is 266 g/mol. The first-order valence-electron chi connectivity index (χ1n) is 6.73. The lowest BCUT2D eigenvalue weighted by atomic mass is 9.97. The molecule has 0 radical (unpaired) electrons. The summed E-state index contributed by atoms with van der Waals surface area (Å²) < 4.78 is 31.3. The fraction of sp³-hybridized carbons (Fsp3) is 0.600. The van der Waals surface area contributed by atoms with E-state index in [1.165, 1.54) is 0 Å². The third-order valence-corrected chi connectivity index (χ3v) is 3.80. The van der Waals surface area contributed by atoms with Gasteiger partial charge in [-0.05, 0) is 45.2 Å². The highest BCUT2D eigenvalue weighted by atomic mass is 19.1. The fourth-order valence-corrected chi connectivity index (χ4v) is 2.73. The third kappa shape index (κ3) is 2.35. The van der Waals surface area contributed by atoms with Crippen LogP contribution in [-0.4, -0.2) is 24.6 Å². The second-order valence-electron chi connectivity index (χ2n) is 5.74. The lowest BCUT2D eigenvalue weighted by Crippen LogP contribution is -2.38. The molecule has 0 amide bonds. The van der Waals surface area contributed by atoms with Crippen molar-refractivity contribution >= 4 is 0 Å². The molecular formula is C15H19FO3. The van der Waals surface area contributed by atoms with Gasteiger partial charge in [0, 0.05) is 5.56 Å². The minimum atomic E-state index is -0.549. The van der Waals surface area contributed by atoms with Crippen LogP contribution in [-0.2, 0) is 15.9 Å². The third-order valence-electron chi connectivity index (χ3n) is 3.80. The van der Waals surface area contributed by atoms with Crippen LogP contribution in [0.2, 0.25) is 0 Å². The molecule has 1 saturated heterocycles. The molecule has 0 saturated carbocycles. The van der Waals surface area contributed by atoms with Gasteiger partial charge in [0.25, 0.3) is 0 Å². The molecule has 1 aromatic rings. The van der Waals surface area contributed by atoms with Crippen molar-refractivity contribution in [3.05, 3.63) is 29.1 Å². The van der Waals surface area contributed by atoms with Crippen molar-refractivity contribution in [2.75, 3.05) is 6.61 Å². The molecule has 2 aliphatic heterocycles. The lowest BCUT2D eigenvalue weighted by Gasteiger charge is -2.30. The Hall–Kier alpha value is -1.13. The molecule has 0 N–H and O–H groups in total. The highest BCUT2D eigenvalue weighted by Crippen LogP contribution is 2.35. The molecule has 1 aromatic carbocycles. The Balaban J connectivity index is 1.78. The Bertz CT molecular complexity index is 498. The number of aryl methyl sites for hydroxylation is 1. The van der Waals surface area contributed by atoms with Gasteiger partial charge in [-0.1, -0.05) is 6.07 Å². The minimum absolute atomic E-state index is 0.0589. The number of hydrogen-bond donors (Lipinski definition) is 0. The van der Waals surface area contributed by atoms with Gasteiger partial charge in [-0.25, -0.2) is 4.39 Å². The van der Waals surface area contributed by atoms with Crippen molar-refractivity contribution in [2.24, 2.45) is 0 Å². The lowest BCUT2D eigenvalue weighted by molar-refractivity contribution is -0.149. The summed E-state index contributed by atoms with van der Waals surface area (Å²) in [7, 11) is 0. The summed E-state index contributed by atoms with van der Waals surface area (Å²) in [6.45, 7) is 6.10. The summed E-state index contributed by atoms with van der Waals surface area (Å²) in [5, 5.41) is 0. The average Bonchev–Trinajstić information content (AvgIpc) is 2.74. The number of ether oxygens (including phenoxy) is 3. The molecule has 4 heteroatoms. The summed E-state index contributed by atoms with van der Waals surface area (Å²) in [6.07, 6.45) is 1.31. The van der Waals surface area contributed by atoms with E-state index in [1.54, 1.807) is 13.0 Å². The maximum Gasteiger partial charge on any atom is 0.163 e. The molecule has 104 valence electrons. The molecule has 2 heterocycles. The van der Waals surface area contributed by atoms with Crippen LogP contribution in [0.4, 0.5) is 4.39 Å². The summed E-state index contributed by atoms with van der Waals surface area (Å²) in [5.74, 6) is -0.0418. The Morgan fingerprint density at radius 2 is 2.05 bits per heavy atom. The number of halogens is 1. The van der Waals surface area contributed by atoms with Crippen LogP contribution >= 0.6 is 0 Å². The van der Waals surface area contributed by atoms with Crippen molar-refractivity contribution in [1.82, 2.24) is 0 Å². The number of benzene rings is 1. The summed E-state index contributed by atoms with van der Waals surface area (Å²) in [4.78, 5) is 0. The predicted molar refractivity (Wildman–Crippen MR) is 68.8 cm³/mol. The molecule has 3 nitrogen and oxygen atoms in total. The largest absolute Gasteiger partial charge is 0.487 e. The molecule has 2 atom stereocenters. The molecule has 0 bridgehead atoms. The molecule has 0 spiro atoms. The first-order valence-corrected chi connectivity index (χ1v) is 6.73. The Kier molecular flexibility index (Phi) is 3.02. The zero-order valence-corrected chi connectivity index (χ0v) is 11.5. The fourth-order valence-electron chi connectivity index (χ4n) is 2.73. The SMILES string of the molecule is Cc1ccc2c(c1F)CC[C@H]([C@@H]1COC(C)(C)O1)O2. The quantitative estimate of drug-likeness (QED) is 0.782. The van der Waals surface area contributed by atoms with Gasteiger partial charge in [0.15, 0.2) is 5.79 Å². The van der Waals surface area contributed by atoms with Gasteiger partial charge in [0.05, 0.1) is 6.61 Å². The van der Waals surface area contributed by atoms with Gasteiger partial charge < -0.3 is 14.2 Å². The van der Waals surface area contributed by atoms with Crippen LogP contribution in [0.15, 0.2) is 12.1 Å². The van der Waals surface area contributed by atoms with Gasteiger partial charge in [-0.2, -0.15) is 0 Å². The molecular weight excluding hydrogens is 247 g/mol. The molecule has 0 aliphatic carbocycles. The first-order chi connectivity index (χ1) is 8.96. The Morgan fingerprint density at radius 1 is 1.26 bits per heavy atom. The van der Waals surface area contributed by atoms with Crippen LogP contribution < -0.4 is 4.74 Å². The van der Waals surface area contributed by atoms with Gasteiger partial charge in [-0.3, -0.25) is 0 Å². The van der Waals surface area contributed by atoms with E-state index in [1.807, 2.05) is 19.9 Å². The predicted octanol–water partition coefficient (Wildman–Crippen LogP) is 2.98. The van der Waals surface area contributed by atoms with Crippen LogP contribution in [0, 0.1) is 12.7 Å². The smallest absolute Gasteiger partial charge is 0.163 e. The van der Waals surface area contributed by atoms with Crippen LogP contribution in [0.25, 0.3) is 0 Å². The number of rotatable bonds is 1. The Labute approximate surface area is 112 Å². The van der Waals surface area contributed by atoms with E-state index >= 15 is 0 Å². The summed E-state index contributed by atoms with van der Waals surface area (Å²) >= 11 is 0. The Morgan fingerprint density at radius 3 is 2.74 bits per heavy atom. The highest BCUT2D eigenvalue weighted by molar-refractivity contribution is 5.40. The van der Waals surface area contributed by atoms with Gasteiger partial charge >= 0.3 is 0 Å². The number of fused-ring (bicyclic) bond motifs is 1. The van der Waals surface area contributed by atoms with Crippen molar-refractivity contribution < 1.29 is 18.6 Å². The van der Waals surface area contributed by atoms with Crippen molar-refractivity contribution in [2.45, 2.75) is 51.6 Å². The monoisotopic (exact) mass is 266 g/mol. The van der Waals surface area contributed by atoms with E-state index in [2.05, 4.69) is 0 Å². The normalized spacial score (nSPS) is 28.8. The standard InChI is InChI=1S/C15H19FO3/c1-9-4-6-11-10(14(9)16)5-7-12(18-11)13-8-17-15(2,3)19-13/h4,6,12-13H,5,7-8H2,1-3H3/t12-,13+/m1/s1. The van der Waals surface area contributed by atoms with E-state index in [0.29, 0.717) is 29.9 Å². The molecule has 3 rings (SSSR count). The first kappa shape index (κ1) is 12.9. The van der Waals surface area contributed by atoms with Gasteiger partial charge in [0.2, 0.25) is 0 Å². The second-order valence-corrected chi connectivity index (χ2v) is 5.74. The zero-order valence-electron chi connectivity index (χ0n) is 11.5. The van der Waals surface area contributed by atoms with Gasteiger partial charge in [-0.15, -0.1) is 0 Å². The van der Waals surface area contributed by atoms with Crippen molar-refractivity contribution in [3.63, 3.8) is 0 Å². The molecule has 0 unspecified atom stereocenters. The van der Waals surface area contributed by atoms with E-state index in [0.717, 1.165) is 6.42 Å². The van der Waals surface area contributed by atoms with Crippen molar-refractivity contribution in [1.29, 1.82) is 0 Å². The van der Waals surface area contributed by atoms with Crippen LogP contribution in [0.1, 0.15) is 31.4 Å². The minimum Gasteiger partial charge on any atom is -0.487 e. The van der Waals surface area contributed by atoms with Gasteiger partial charge in [0.1, 0.15) is 23.8 Å². The van der Waals surface area contributed by atoms with E-state index < -0.39 is 5.79 Å². The molecule has 1 fully saturated rings. The second kappa shape index (κ2) is 4.46. The van der Waals surface area contributed by atoms with E-state index in [-0.39, 0.29) is 18.0 Å². The van der Waals surface area contributed by atoms with E-state index in [4.69, 9.17) is 14.2 Å². The number of hydrogen-bond acceptors (Lipinski definition) is 3. The topological polar surface area (TPSA) is 27.7 Å². The van der Waals surface area contributed by atoms with E-state index in [9.17, 15) is 4.39 Å². The molecule has 2 aliphatic rings. The van der Waals surface area contributed by atoms with Crippen molar-refractivity contribution in [3.8, 4) is 5.75 Å². The summed E-state index contributed by atoms with van der Waals surface area (Å²) in [5.41, 5.74) is 1.36. The maximum atomic E-state index is 14.0. The summed E-state index contributed by atoms with van der Waals surface area (Å²) in [6, 6.07) is 3.60. The zero-order chi connectivity index (χ0) is 13.6. The molecule has 0 aromatic heterocycles. The van der Waals surface area contributed by atoms with Crippen LogP contribution in [0.3, 0.4) is 0 Å². The maximum absolute atomic E-state index is 14.0. The van der Waals surface area contributed by atoms with Crippen LogP contribution in [0.5, 0.6) is 5.75 Å².